The molecule has 19 heavy (non-hydrogen) atoms. The summed E-state index contributed by atoms with van der Waals surface area (Å²) in [6.07, 6.45) is 5.40. The Bertz CT molecular complexity index is 462. The van der Waals surface area contributed by atoms with E-state index in [1.807, 2.05) is 25.1 Å². The molecule has 3 heteroatoms. The first-order chi connectivity index (χ1) is 9.00. The van der Waals surface area contributed by atoms with E-state index in [1.54, 1.807) is 0 Å². The second-order valence-corrected chi connectivity index (χ2v) is 6.13. The maximum absolute atomic E-state index is 11.1. The Labute approximate surface area is 115 Å². The van der Waals surface area contributed by atoms with E-state index in [0.717, 1.165) is 18.7 Å². The van der Waals surface area contributed by atoms with E-state index in [1.165, 1.54) is 31.2 Å². The number of amides is 1. The minimum atomic E-state index is -0.360. The van der Waals surface area contributed by atoms with Gasteiger partial charge in [0.25, 0.3) is 0 Å². The highest BCUT2D eigenvalue weighted by molar-refractivity contribution is 5.93. The predicted octanol–water partition coefficient (Wildman–Crippen LogP) is 2.76. The molecular weight excluding hydrogens is 236 g/mol. The van der Waals surface area contributed by atoms with Gasteiger partial charge in [-0.05, 0) is 48.4 Å². The van der Waals surface area contributed by atoms with Crippen LogP contribution in [0.2, 0.25) is 0 Å². The number of rotatable bonds is 5. The van der Waals surface area contributed by atoms with Crippen LogP contribution in [0.15, 0.2) is 18.2 Å². The summed E-state index contributed by atoms with van der Waals surface area (Å²) >= 11 is 0. The number of hydrogen-bond donors (Lipinski definition) is 2. The summed E-state index contributed by atoms with van der Waals surface area (Å²) in [5.74, 6) is -0.360. The maximum atomic E-state index is 11.1. The minimum absolute atomic E-state index is 0.360. The third-order valence-electron chi connectivity index (χ3n) is 4.30. The van der Waals surface area contributed by atoms with Crippen LogP contribution in [0.25, 0.3) is 0 Å². The van der Waals surface area contributed by atoms with Crippen molar-refractivity contribution in [2.45, 2.75) is 46.1 Å². The van der Waals surface area contributed by atoms with Gasteiger partial charge in [-0.25, -0.2) is 0 Å². The van der Waals surface area contributed by atoms with E-state index in [0.29, 0.717) is 11.0 Å². The first-order valence-electron chi connectivity index (χ1n) is 7.10. The van der Waals surface area contributed by atoms with Crippen LogP contribution in [-0.2, 0) is 6.54 Å². The van der Waals surface area contributed by atoms with Crippen molar-refractivity contribution in [3.05, 3.63) is 34.9 Å². The zero-order chi connectivity index (χ0) is 13.9. The number of hydrogen-bond acceptors (Lipinski definition) is 2. The largest absolute Gasteiger partial charge is 0.366 e. The van der Waals surface area contributed by atoms with Gasteiger partial charge < -0.3 is 11.1 Å². The second kappa shape index (κ2) is 5.74. The summed E-state index contributed by atoms with van der Waals surface area (Å²) < 4.78 is 0. The number of benzene rings is 1. The first kappa shape index (κ1) is 14.1. The molecule has 3 nitrogen and oxygen atoms in total. The lowest BCUT2D eigenvalue weighted by Crippen LogP contribution is -2.29. The van der Waals surface area contributed by atoms with Gasteiger partial charge in [0.2, 0.25) is 5.91 Å². The normalized spacial score (nSPS) is 17.6. The summed E-state index contributed by atoms with van der Waals surface area (Å²) in [5, 5.41) is 3.56. The Balaban J connectivity index is 1.91. The van der Waals surface area contributed by atoms with Crippen molar-refractivity contribution in [3.63, 3.8) is 0 Å². The molecule has 3 N–H and O–H groups in total. The van der Waals surface area contributed by atoms with Gasteiger partial charge in [0.15, 0.2) is 0 Å². The van der Waals surface area contributed by atoms with E-state index in [-0.39, 0.29) is 5.91 Å². The Hall–Kier alpha value is -1.35. The van der Waals surface area contributed by atoms with Crippen molar-refractivity contribution in [2.24, 2.45) is 11.1 Å². The number of carbonyl (C=O) groups is 1. The molecule has 0 bridgehead atoms. The van der Waals surface area contributed by atoms with Crippen LogP contribution in [0.3, 0.4) is 0 Å². The molecule has 0 heterocycles. The highest BCUT2D eigenvalue weighted by Gasteiger charge is 2.27. The quantitative estimate of drug-likeness (QED) is 0.855. The molecule has 1 amide bonds. The topological polar surface area (TPSA) is 55.1 Å². The molecule has 1 aromatic carbocycles. The molecule has 1 aromatic rings. The molecule has 0 spiro atoms. The smallest absolute Gasteiger partial charge is 0.248 e. The number of primary amides is 1. The highest BCUT2D eigenvalue weighted by Crippen LogP contribution is 2.36. The van der Waals surface area contributed by atoms with Crippen molar-refractivity contribution in [3.8, 4) is 0 Å². The zero-order valence-electron chi connectivity index (χ0n) is 12.0. The van der Waals surface area contributed by atoms with Crippen molar-refractivity contribution < 1.29 is 4.79 Å². The number of nitrogens with two attached hydrogens (primary N) is 1. The van der Waals surface area contributed by atoms with Crippen LogP contribution in [-0.4, -0.2) is 12.5 Å². The Morgan fingerprint density at radius 1 is 1.37 bits per heavy atom. The van der Waals surface area contributed by atoms with Gasteiger partial charge in [0.05, 0.1) is 0 Å². The van der Waals surface area contributed by atoms with Gasteiger partial charge >= 0.3 is 0 Å². The lowest BCUT2D eigenvalue weighted by atomic mass is 9.89. The van der Waals surface area contributed by atoms with Crippen LogP contribution in [0.4, 0.5) is 0 Å². The molecule has 1 fully saturated rings. The summed E-state index contributed by atoms with van der Waals surface area (Å²) in [4.78, 5) is 11.1. The Kier molecular flexibility index (Phi) is 4.25. The van der Waals surface area contributed by atoms with Crippen molar-refractivity contribution >= 4 is 5.91 Å². The summed E-state index contributed by atoms with van der Waals surface area (Å²) in [6.45, 7) is 6.33. The number of carbonyl (C=O) groups excluding carboxylic acids is 1. The standard InChI is InChI=1S/C16H24N2O/c1-12-9-13(15(17)19)5-6-14(12)10-18-11-16(2)7-3-4-8-16/h5-6,9,18H,3-4,7-8,10-11H2,1-2H3,(H2,17,19). The summed E-state index contributed by atoms with van der Waals surface area (Å²) in [6, 6.07) is 5.68. The van der Waals surface area contributed by atoms with Crippen LogP contribution < -0.4 is 11.1 Å². The average molecular weight is 260 g/mol. The molecule has 1 saturated carbocycles. The van der Waals surface area contributed by atoms with E-state index in [9.17, 15) is 4.79 Å². The molecule has 0 aromatic heterocycles. The van der Waals surface area contributed by atoms with Gasteiger partial charge in [0.1, 0.15) is 0 Å². The van der Waals surface area contributed by atoms with Gasteiger partial charge in [-0.2, -0.15) is 0 Å². The Morgan fingerprint density at radius 3 is 2.63 bits per heavy atom. The van der Waals surface area contributed by atoms with Crippen LogP contribution in [0.1, 0.15) is 54.1 Å². The SMILES string of the molecule is Cc1cc(C(N)=O)ccc1CNCC1(C)CCCC1. The van der Waals surface area contributed by atoms with E-state index in [2.05, 4.69) is 12.2 Å². The molecule has 0 radical (unpaired) electrons. The van der Waals surface area contributed by atoms with Crippen molar-refractivity contribution in [2.75, 3.05) is 6.54 Å². The number of nitrogens with one attached hydrogen (secondary N) is 1. The van der Waals surface area contributed by atoms with Crippen LogP contribution in [0.5, 0.6) is 0 Å². The lowest BCUT2D eigenvalue weighted by Gasteiger charge is -2.24. The molecule has 0 saturated heterocycles. The zero-order valence-corrected chi connectivity index (χ0v) is 12.0. The van der Waals surface area contributed by atoms with Crippen molar-refractivity contribution in [1.29, 1.82) is 0 Å². The highest BCUT2D eigenvalue weighted by atomic mass is 16.1. The molecule has 104 valence electrons. The van der Waals surface area contributed by atoms with Gasteiger partial charge in [-0.15, -0.1) is 0 Å². The molecular formula is C16H24N2O. The fourth-order valence-electron chi connectivity index (χ4n) is 2.95. The first-order valence-corrected chi connectivity index (χ1v) is 7.10. The fraction of sp³-hybridized carbons (Fsp3) is 0.562. The third-order valence-corrected chi connectivity index (χ3v) is 4.30. The number of aryl methyl sites for hydroxylation is 1. The molecule has 0 atom stereocenters. The van der Waals surface area contributed by atoms with Gasteiger partial charge in [-0.3, -0.25) is 4.79 Å². The molecule has 2 rings (SSSR count). The molecule has 0 aliphatic heterocycles. The molecule has 1 aliphatic carbocycles. The lowest BCUT2D eigenvalue weighted by molar-refractivity contribution is 0.1000. The minimum Gasteiger partial charge on any atom is -0.366 e. The predicted molar refractivity (Wildman–Crippen MR) is 78.0 cm³/mol. The van der Waals surface area contributed by atoms with E-state index < -0.39 is 0 Å². The molecule has 1 aliphatic rings. The molecule has 0 unspecified atom stereocenters. The fourth-order valence-corrected chi connectivity index (χ4v) is 2.95. The van der Waals surface area contributed by atoms with Gasteiger partial charge in [0, 0.05) is 18.7 Å². The van der Waals surface area contributed by atoms with Crippen LogP contribution in [0, 0.1) is 12.3 Å². The third kappa shape index (κ3) is 3.57. The van der Waals surface area contributed by atoms with E-state index in [4.69, 9.17) is 5.73 Å². The summed E-state index contributed by atoms with van der Waals surface area (Å²) in [7, 11) is 0. The van der Waals surface area contributed by atoms with Gasteiger partial charge in [-0.1, -0.05) is 25.8 Å². The summed E-state index contributed by atoms with van der Waals surface area (Å²) in [5.41, 5.74) is 8.71. The maximum Gasteiger partial charge on any atom is 0.248 e. The monoisotopic (exact) mass is 260 g/mol. The van der Waals surface area contributed by atoms with Crippen LogP contribution >= 0.6 is 0 Å². The van der Waals surface area contributed by atoms with Crippen molar-refractivity contribution in [1.82, 2.24) is 5.32 Å². The Morgan fingerprint density at radius 2 is 2.05 bits per heavy atom. The second-order valence-electron chi connectivity index (χ2n) is 6.13. The average Bonchev–Trinajstić information content (AvgIpc) is 2.78. The van der Waals surface area contributed by atoms with E-state index >= 15 is 0 Å².